The lowest BCUT2D eigenvalue weighted by molar-refractivity contribution is 0.102. The van der Waals surface area contributed by atoms with Gasteiger partial charge < -0.3 is 11.1 Å². The molecule has 2 rings (SSSR count). The smallest absolute Gasteiger partial charge is 0.256 e. The molecular weight excluding hydrogens is 216 g/mol. The van der Waals surface area contributed by atoms with Crippen LogP contribution >= 0.6 is 0 Å². The zero-order valence-corrected chi connectivity index (χ0v) is 9.34. The van der Waals surface area contributed by atoms with Crippen molar-refractivity contribution >= 4 is 17.4 Å². The molecule has 0 bridgehead atoms. The summed E-state index contributed by atoms with van der Waals surface area (Å²) >= 11 is 0. The van der Waals surface area contributed by atoms with Crippen LogP contribution in [-0.2, 0) is 0 Å². The summed E-state index contributed by atoms with van der Waals surface area (Å²) in [5, 5.41) is 2.67. The Hall–Kier alpha value is -2.43. The second-order valence-corrected chi connectivity index (χ2v) is 3.62. The number of hydrogen-bond donors (Lipinski definition) is 2. The van der Waals surface area contributed by atoms with Crippen LogP contribution in [0, 0.1) is 6.92 Å². The molecule has 0 aliphatic heterocycles. The third kappa shape index (κ3) is 2.57. The number of carbonyl (C=O) groups excluding carboxylic acids is 1. The van der Waals surface area contributed by atoms with Gasteiger partial charge in [0.05, 0.1) is 0 Å². The van der Waals surface area contributed by atoms with Gasteiger partial charge in [0.15, 0.2) is 0 Å². The number of hydrogen-bond acceptors (Lipinski definition) is 4. The standard InChI is InChI=1S/C12H12N4O/c1-8-6-9(2-3-10(8)13)12(17)16-11-4-5-14-7-15-11/h2-7H,13H2,1H3,(H,14,15,16,17). The molecule has 1 aromatic heterocycles. The van der Waals surface area contributed by atoms with Crippen molar-refractivity contribution in [3.8, 4) is 0 Å². The van der Waals surface area contributed by atoms with Gasteiger partial charge in [-0.3, -0.25) is 4.79 Å². The van der Waals surface area contributed by atoms with Crippen LogP contribution in [0.15, 0.2) is 36.8 Å². The first-order valence-corrected chi connectivity index (χ1v) is 5.10. The van der Waals surface area contributed by atoms with Gasteiger partial charge in [0.25, 0.3) is 5.91 Å². The van der Waals surface area contributed by atoms with Crippen LogP contribution in [0.5, 0.6) is 0 Å². The van der Waals surface area contributed by atoms with Gasteiger partial charge in [-0.2, -0.15) is 0 Å². The van der Waals surface area contributed by atoms with Crippen molar-refractivity contribution in [1.29, 1.82) is 0 Å². The average Bonchev–Trinajstić information content (AvgIpc) is 2.34. The molecule has 86 valence electrons. The largest absolute Gasteiger partial charge is 0.399 e. The van der Waals surface area contributed by atoms with Gasteiger partial charge in [-0.25, -0.2) is 9.97 Å². The third-order valence-corrected chi connectivity index (χ3v) is 2.36. The number of amides is 1. The molecule has 17 heavy (non-hydrogen) atoms. The maximum Gasteiger partial charge on any atom is 0.256 e. The van der Waals surface area contributed by atoms with E-state index in [-0.39, 0.29) is 5.91 Å². The van der Waals surface area contributed by atoms with E-state index in [0.29, 0.717) is 17.1 Å². The van der Waals surface area contributed by atoms with Crippen molar-refractivity contribution < 1.29 is 4.79 Å². The predicted octanol–water partition coefficient (Wildman–Crippen LogP) is 1.62. The summed E-state index contributed by atoms with van der Waals surface area (Å²) in [5.74, 6) is 0.256. The molecule has 0 atom stereocenters. The number of nitrogens with two attached hydrogens (primary N) is 1. The first-order chi connectivity index (χ1) is 8.16. The molecule has 0 spiro atoms. The number of carbonyl (C=O) groups is 1. The molecule has 5 heteroatoms. The van der Waals surface area contributed by atoms with Gasteiger partial charge in [-0.15, -0.1) is 0 Å². The maximum absolute atomic E-state index is 11.9. The number of anilines is 2. The molecular formula is C12H12N4O. The van der Waals surface area contributed by atoms with E-state index in [0.717, 1.165) is 5.56 Å². The number of nitrogen functional groups attached to an aromatic ring is 1. The van der Waals surface area contributed by atoms with Crippen molar-refractivity contribution in [2.75, 3.05) is 11.1 Å². The lowest BCUT2D eigenvalue weighted by atomic mass is 10.1. The quantitative estimate of drug-likeness (QED) is 0.765. The van der Waals surface area contributed by atoms with Gasteiger partial charge in [0.1, 0.15) is 12.1 Å². The van der Waals surface area contributed by atoms with Crippen molar-refractivity contribution in [2.24, 2.45) is 0 Å². The van der Waals surface area contributed by atoms with E-state index < -0.39 is 0 Å². The Kier molecular flexibility index (Phi) is 3.00. The molecule has 0 radical (unpaired) electrons. The average molecular weight is 228 g/mol. The Balaban J connectivity index is 2.18. The van der Waals surface area contributed by atoms with Crippen molar-refractivity contribution in [1.82, 2.24) is 9.97 Å². The monoisotopic (exact) mass is 228 g/mol. The summed E-state index contributed by atoms with van der Waals surface area (Å²) < 4.78 is 0. The fourth-order valence-corrected chi connectivity index (χ4v) is 1.37. The zero-order valence-electron chi connectivity index (χ0n) is 9.34. The number of aromatic nitrogens is 2. The van der Waals surface area contributed by atoms with Gasteiger partial charge in [0, 0.05) is 17.4 Å². The minimum absolute atomic E-state index is 0.216. The molecule has 1 aromatic carbocycles. The van der Waals surface area contributed by atoms with Crippen LogP contribution in [0.25, 0.3) is 0 Å². The number of aryl methyl sites for hydroxylation is 1. The molecule has 0 saturated heterocycles. The van der Waals surface area contributed by atoms with Crippen LogP contribution in [0.2, 0.25) is 0 Å². The minimum Gasteiger partial charge on any atom is -0.399 e. The highest BCUT2D eigenvalue weighted by Gasteiger charge is 2.07. The number of rotatable bonds is 2. The third-order valence-electron chi connectivity index (χ3n) is 2.36. The van der Waals surface area contributed by atoms with Crippen LogP contribution in [0.3, 0.4) is 0 Å². The molecule has 0 fully saturated rings. The summed E-state index contributed by atoms with van der Waals surface area (Å²) in [6.45, 7) is 1.86. The van der Waals surface area contributed by atoms with E-state index in [9.17, 15) is 4.79 Å². The molecule has 3 N–H and O–H groups in total. The highest BCUT2D eigenvalue weighted by molar-refractivity contribution is 6.04. The second kappa shape index (κ2) is 4.61. The molecule has 0 unspecified atom stereocenters. The van der Waals surface area contributed by atoms with Crippen molar-refractivity contribution in [3.63, 3.8) is 0 Å². The second-order valence-electron chi connectivity index (χ2n) is 3.62. The number of nitrogens with one attached hydrogen (secondary N) is 1. The molecule has 0 aliphatic rings. The van der Waals surface area contributed by atoms with Gasteiger partial charge in [-0.05, 0) is 36.8 Å². The van der Waals surface area contributed by atoms with Crippen LogP contribution in [0.1, 0.15) is 15.9 Å². The molecule has 0 saturated carbocycles. The Morgan fingerprint density at radius 2 is 2.18 bits per heavy atom. The fraction of sp³-hybridized carbons (Fsp3) is 0.0833. The zero-order chi connectivity index (χ0) is 12.3. The van der Waals surface area contributed by atoms with E-state index in [1.165, 1.54) is 6.33 Å². The first-order valence-electron chi connectivity index (χ1n) is 5.10. The Morgan fingerprint density at radius 1 is 1.35 bits per heavy atom. The van der Waals surface area contributed by atoms with E-state index in [1.54, 1.807) is 30.5 Å². The van der Waals surface area contributed by atoms with E-state index in [4.69, 9.17) is 5.73 Å². The Morgan fingerprint density at radius 3 is 2.82 bits per heavy atom. The topological polar surface area (TPSA) is 80.9 Å². The Bertz CT molecular complexity index is 539. The van der Waals surface area contributed by atoms with Gasteiger partial charge in [0.2, 0.25) is 0 Å². The summed E-state index contributed by atoms with van der Waals surface area (Å²) in [5.41, 5.74) is 7.79. The van der Waals surface area contributed by atoms with Crippen molar-refractivity contribution in [2.45, 2.75) is 6.92 Å². The van der Waals surface area contributed by atoms with Crippen LogP contribution < -0.4 is 11.1 Å². The number of benzene rings is 1. The van der Waals surface area contributed by atoms with Gasteiger partial charge in [-0.1, -0.05) is 0 Å². The first kappa shape index (κ1) is 11.1. The highest BCUT2D eigenvalue weighted by Crippen LogP contribution is 2.13. The summed E-state index contributed by atoms with van der Waals surface area (Å²) in [6.07, 6.45) is 2.95. The normalized spacial score (nSPS) is 9.94. The maximum atomic E-state index is 11.9. The van der Waals surface area contributed by atoms with E-state index >= 15 is 0 Å². The number of nitrogens with zero attached hydrogens (tertiary/aromatic N) is 2. The Labute approximate surface area is 98.7 Å². The van der Waals surface area contributed by atoms with E-state index in [2.05, 4.69) is 15.3 Å². The SMILES string of the molecule is Cc1cc(C(=O)Nc2ccncn2)ccc1N. The molecule has 0 aliphatic carbocycles. The lowest BCUT2D eigenvalue weighted by Crippen LogP contribution is -2.13. The molecule has 5 nitrogen and oxygen atoms in total. The predicted molar refractivity (Wildman–Crippen MR) is 65.6 cm³/mol. The lowest BCUT2D eigenvalue weighted by Gasteiger charge is -2.05. The van der Waals surface area contributed by atoms with Crippen LogP contribution in [-0.4, -0.2) is 15.9 Å². The summed E-state index contributed by atoms with van der Waals surface area (Å²) in [7, 11) is 0. The van der Waals surface area contributed by atoms with Crippen molar-refractivity contribution in [3.05, 3.63) is 47.9 Å². The molecule has 1 amide bonds. The van der Waals surface area contributed by atoms with Crippen LogP contribution in [0.4, 0.5) is 11.5 Å². The molecule has 2 aromatic rings. The molecule has 1 heterocycles. The van der Waals surface area contributed by atoms with Gasteiger partial charge >= 0.3 is 0 Å². The highest BCUT2D eigenvalue weighted by atomic mass is 16.1. The van der Waals surface area contributed by atoms with E-state index in [1.807, 2.05) is 6.92 Å². The minimum atomic E-state index is -0.216. The summed E-state index contributed by atoms with van der Waals surface area (Å²) in [6, 6.07) is 6.76. The summed E-state index contributed by atoms with van der Waals surface area (Å²) in [4.78, 5) is 19.6. The fourth-order valence-electron chi connectivity index (χ4n) is 1.37.